The number of hydrogen-bond acceptors (Lipinski definition) is 10. The van der Waals surface area contributed by atoms with Gasteiger partial charge in [0, 0.05) is 61.6 Å². The van der Waals surface area contributed by atoms with Gasteiger partial charge in [-0.15, -0.1) is 0 Å². The highest BCUT2D eigenvalue weighted by Crippen LogP contribution is 2.43. The van der Waals surface area contributed by atoms with Crippen molar-refractivity contribution in [1.82, 2.24) is 19.9 Å². The van der Waals surface area contributed by atoms with Gasteiger partial charge in [-0.3, -0.25) is 4.79 Å². The summed E-state index contributed by atoms with van der Waals surface area (Å²) in [6.07, 6.45) is 9.43. The molecule has 5 heterocycles. The van der Waals surface area contributed by atoms with Gasteiger partial charge >= 0.3 is 5.51 Å². The first kappa shape index (κ1) is 34.9. The van der Waals surface area contributed by atoms with Gasteiger partial charge in [0.2, 0.25) is 21.7 Å². The maximum atomic E-state index is 13.1. The molecule has 0 unspecified atom stereocenters. The zero-order chi connectivity index (χ0) is 35.1. The number of sulfone groups is 1. The number of piperidine rings is 1. The van der Waals surface area contributed by atoms with Crippen molar-refractivity contribution < 1.29 is 31.5 Å². The number of anilines is 4. The van der Waals surface area contributed by atoms with Crippen molar-refractivity contribution in [2.24, 2.45) is 5.92 Å². The summed E-state index contributed by atoms with van der Waals surface area (Å²) in [6, 6.07) is 6.79. The van der Waals surface area contributed by atoms with E-state index < -0.39 is 38.7 Å². The number of carbonyl (C=O) groups is 1. The second kappa shape index (κ2) is 13.4. The second-order valence-electron chi connectivity index (χ2n) is 13.6. The van der Waals surface area contributed by atoms with Crippen LogP contribution in [0.4, 0.5) is 36.4 Å². The Bertz CT molecular complexity index is 1830. The van der Waals surface area contributed by atoms with Crippen LogP contribution >= 0.6 is 0 Å². The molecule has 0 aliphatic carbocycles. The molecule has 49 heavy (non-hydrogen) atoms. The normalized spacial score (nSPS) is 23.1. The van der Waals surface area contributed by atoms with Crippen LogP contribution in [0.3, 0.4) is 0 Å². The fraction of sp³-hybridized carbons (Fsp3) is 0.529. The molecule has 1 aromatic carbocycles. The molecule has 2 aromatic heterocycles. The number of amides is 1. The van der Waals surface area contributed by atoms with Crippen LogP contribution in [0.25, 0.3) is 10.8 Å². The smallest absolute Gasteiger partial charge is 0.390 e. The van der Waals surface area contributed by atoms with Crippen molar-refractivity contribution in [2.45, 2.75) is 75.6 Å². The third-order valence-electron chi connectivity index (χ3n) is 10.2. The van der Waals surface area contributed by atoms with Crippen LogP contribution in [-0.4, -0.2) is 88.4 Å². The molecule has 0 saturated carbocycles. The minimum absolute atomic E-state index is 0.144. The van der Waals surface area contributed by atoms with Crippen molar-refractivity contribution in [2.75, 3.05) is 47.0 Å². The van der Waals surface area contributed by atoms with Gasteiger partial charge in [0.25, 0.3) is 0 Å². The van der Waals surface area contributed by atoms with Crippen LogP contribution < -0.4 is 15.1 Å². The summed E-state index contributed by atoms with van der Waals surface area (Å²) in [4.78, 5) is 32.7. The Labute approximate surface area is 284 Å². The number of alkyl halides is 3. The zero-order valence-electron chi connectivity index (χ0n) is 27.7. The van der Waals surface area contributed by atoms with Crippen LogP contribution in [0.15, 0.2) is 49.3 Å². The number of likely N-dealkylation sites (tertiary alicyclic amines) is 1. The molecule has 11 nitrogen and oxygen atoms in total. The lowest BCUT2D eigenvalue weighted by molar-refractivity contribution is -0.128. The Kier molecular flexibility index (Phi) is 9.52. The van der Waals surface area contributed by atoms with E-state index >= 15 is 0 Å². The van der Waals surface area contributed by atoms with Crippen LogP contribution in [-0.2, 0) is 14.6 Å². The number of halogens is 3. The van der Waals surface area contributed by atoms with Crippen LogP contribution in [0.5, 0.6) is 0 Å². The average Bonchev–Trinajstić information content (AvgIpc) is 3.31. The molecule has 264 valence electrons. The topological polar surface area (TPSA) is 132 Å². The monoisotopic (exact) mass is 701 g/mol. The SMILES string of the molecule is C=CC(=O)N1CCCCC[C@@H]1c1ccc(N2C[C@H](CS(=O)(=O)C(F)(F)F)[C@H]2C)c2cnc(Nc3ccnc(N4CCC(C)(O)CC4)n3)cc12. The molecule has 3 saturated heterocycles. The van der Waals surface area contributed by atoms with E-state index in [-0.39, 0.29) is 18.5 Å². The first-order chi connectivity index (χ1) is 23.2. The summed E-state index contributed by atoms with van der Waals surface area (Å²) >= 11 is 0. The minimum Gasteiger partial charge on any atom is -0.390 e. The Balaban J connectivity index is 1.35. The van der Waals surface area contributed by atoms with E-state index in [0.717, 1.165) is 47.7 Å². The molecule has 3 aliphatic rings. The highest BCUT2D eigenvalue weighted by molar-refractivity contribution is 7.92. The highest BCUT2D eigenvalue weighted by atomic mass is 32.2. The van der Waals surface area contributed by atoms with E-state index in [4.69, 9.17) is 4.98 Å². The third-order valence-corrected chi connectivity index (χ3v) is 11.8. The molecule has 15 heteroatoms. The molecular formula is C34H42F3N7O4S. The summed E-state index contributed by atoms with van der Waals surface area (Å²) in [7, 11) is -5.25. The first-order valence-electron chi connectivity index (χ1n) is 16.7. The van der Waals surface area contributed by atoms with Gasteiger partial charge in [-0.25, -0.2) is 18.4 Å². The number of benzene rings is 1. The lowest BCUT2D eigenvalue weighted by Crippen LogP contribution is -2.58. The van der Waals surface area contributed by atoms with Gasteiger partial charge in [-0.05, 0) is 74.8 Å². The molecule has 0 spiro atoms. The molecule has 0 radical (unpaired) electrons. The lowest BCUT2D eigenvalue weighted by atomic mass is 9.88. The van der Waals surface area contributed by atoms with Gasteiger partial charge in [0.05, 0.1) is 17.4 Å². The summed E-state index contributed by atoms with van der Waals surface area (Å²) in [6.45, 7) is 9.25. The summed E-state index contributed by atoms with van der Waals surface area (Å²) in [5.74, 6) is -0.247. The minimum atomic E-state index is -5.29. The number of aliphatic hydroxyl groups is 1. The number of aromatic nitrogens is 3. The number of hydrogen-bond donors (Lipinski definition) is 2. The van der Waals surface area contributed by atoms with Crippen molar-refractivity contribution in [3.8, 4) is 0 Å². The second-order valence-corrected chi connectivity index (χ2v) is 15.6. The van der Waals surface area contributed by atoms with E-state index in [1.807, 2.05) is 39.8 Å². The quantitative estimate of drug-likeness (QED) is 0.290. The Hall–Kier alpha value is -3.98. The van der Waals surface area contributed by atoms with E-state index in [2.05, 4.69) is 21.9 Å². The van der Waals surface area contributed by atoms with Crippen molar-refractivity contribution in [3.05, 3.63) is 54.9 Å². The largest absolute Gasteiger partial charge is 0.497 e. The van der Waals surface area contributed by atoms with Crippen LogP contribution in [0, 0.1) is 5.92 Å². The predicted octanol–water partition coefficient (Wildman–Crippen LogP) is 5.51. The fourth-order valence-corrected chi connectivity index (χ4v) is 8.27. The molecule has 0 bridgehead atoms. The van der Waals surface area contributed by atoms with E-state index in [1.54, 1.807) is 25.4 Å². The van der Waals surface area contributed by atoms with E-state index in [0.29, 0.717) is 50.1 Å². The van der Waals surface area contributed by atoms with Gasteiger partial charge in [0.1, 0.15) is 11.6 Å². The molecule has 6 rings (SSSR count). The summed E-state index contributed by atoms with van der Waals surface area (Å²) < 4.78 is 63.3. The van der Waals surface area contributed by atoms with E-state index in [1.165, 1.54) is 6.08 Å². The molecule has 3 atom stereocenters. The first-order valence-corrected chi connectivity index (χ1v) is 18.3. The number of fused-ring (bicyclic) bond motifs is 1. The Morgan fingerprint density at radius 1 is 1.10 bits per heavy atom. The number of nitrogens with zero attached hydrogens (tertiary/aromatic N) is 6. The maximum Gasteiger partial charge on any atom is 0.497 e. The molecule has 3 aromatic rings. The average molecular weight is 702 g/mol. The highest BCUT2D eigenvalue weighted by Gasteiger charge is 2.50. The van der Waals surface area contributed by atoms with Gasteiger partial charge < -0.3 is 25.1 Å². The van der Waals surface area contributed by atoms with Gasteiger partial charge in [-0.1, -0.05) is 25.5 Å². The summed E-state index contributed by atoms with van der Waals surface area (Å²) in [5, 5.41) is 15.2. The number of rotatable bonds is 8. The third kappa shape index (κ3) is 7.18. The fourth-order valence-electron chi connectivity index (χ4n) is 7.13. The number of pyridine rings is 1. The molecule has 3 aliphatic heterocycles. The molecule has 3 fully saturated rings. The molecule has 2 N–H and O–H groups in total. The number of carbonyl (C=O) groups excluding carboxylic acids is 1. The van der Waals surface area contributed by atoms with Crippen molar-refractivity contribution >= 4 is 49.8 Å². The lowest BCUT2D eigenvalue weighted by Gasteiger charge is -2.48. The van der Waals surface area contributed by atoms with E-state index in [9.17, 15) is 31.5 Å². The maximum absolute atomic E-state index is 13.1. The molecular weight excluding hydrogens is 659 g/mol. The summed E-state index contributed by atoms with van der Waals surface area (Å²) in [5.41, 5.74) is -4.36. The van der Waals surface area contributed by atoms with Gasteiger partial charge in [-0.2, -0.15) is 18.2 Å². The predicted molar refractivity (Wildman–Crippen MR) is 182 cm³/mol. The van der Waals surface area contributed by atoms with Crippen LogP contribution in [0.2, 0.25) is 0 Å². The van der Waals surface area contributed by atoms with Gasteiger partial charge in [0.15, 0.2) is 0 Å². The Morgan fingerprint density at radius 3 is 2.55 bits per heavy atom. The standard InChI is InChI=1S/C34H42F3N7O4S/c1-4-31(45)43-15-7-5-6-8-27(43)24-9-10-28(44-20-23(22(44)2)21-49(47,48)34(35,36)37)26-19-39-30(18-25(24)26)40-29-11-14-38-32(41-29)42-16-12-33(3,46)13-17-42/h4,9-11,14,18-19,22-23,27,46H,1,5-8,12-13,15-17,20-21H2,2-3H3,(H,38,39,40,41)/t22-,23-,27-/m1/s1. The number of nitrogens with one attached hydrogen (secondary N) is 1. The van der Waals surface area contributed by atoms with Crippen LogP contribution in [0.1, 0.15) is 64.0 Å². The Morgan fingerprint density at radius 2 is 1.86 bits per heavy atom. The van der Waals surface area contributed by atoms with Crippen molar-refractivity contribution in [1.29, 1.82) is 0 Å². The van der Waals surface area contributed by atoms with Crippen molar-refractivity contribution in [3.63, 3.8) is 0 Å². The molecule has 1 amide bonds. The zero-order valence-corrected chi connectivity index (χ0v) is 28.5.